The molecule has 0 bridgehead atoms. The van der Waals surface area contributed by atoms with Crippen molar-refractivity contribution in [2.75, 3.05) is 31.3 Å². The molecule has 0 spiro atoms. The van der Waals surface area contributed by atoms with E-state index in [0.29, 0.717) is 24.4 Å². The number of carbonyl (C=O) groups excluding carboxylic acids is 1. The molecule has 1 aliphatic rings. The molecule has 8 heteroatoms. The quantitative estimate of drug-likeness (QED) is 0.797. The van der Waals surface area contributed by atoms with Crippen molar-refractivity contribution in [3.05, 3.63) is 36.5 Å². The van der Waals surface area contributed by atoms with Gasteiger partial charge in [-0.25, -0.2) is 8.42 Å². The maximum absolute atomic E-state index is 12.3. The summed E-state index contributed by atoms with van der Waals surface area (Å²) in [6, 6.07) is 9.31. The Balaban J connectivity index is 1.62. The summed E-state index contributed by atoms with van der Waals surface area (Å²) < 4.78 is 30.8. The average molecular weight is 377 g/mol. The lowest BCUT2D eigenvalue weighted by Crippen LogP contribution is -2.38. The van der Waals surface area contributed by atoms with Crippen LogP contribution in [0.3, 0.4) is 0 Å². The zero-order chi connectivity index (χ0) is 18.6. The second-order valence-electron chi connectivity index (χ2n) is 6.43. The van der Waals surface area contributed by atoms with Crippen molar-refractivity contribution >= 4 is 32.5 Å². The van der Waals surface area contributed by atoms with Crippen LogP contribution in [0.4, 0.5) is 5.69 Å². The Hall–Kier alpha value is -2.03. The minimum absolute atomic E-state index is 0.0724. The first-order chi connectivity index (χ1) is 12.4. The standard InChI is InChI=1S/C18H23N3O4S/c1-26(23,24)21(13-15-7-4-12-25-15)11-9-17(22)20-16-8-2-5-14-6-3-10-19-18(14)16/h2-3,5-6,8,10,15H,4,7,9,11-13H2,1H3,(H,20,22). The first-order valence-electron chi connectivity index (χ1n) is 8.64. The first kappa shape index (κ1) is 18.8. The molecule has 1 saturated heterocycles. The Morgan fingerprint density at radius 1 is 1.35 bits per heavy atom. The van der Waals surface area contributed by atoms with E-state index >= 15 is 0 Å². The van der Waals surface area contributed by atoms with Gasteiger partial charge in [0.15, 0.2) is 0 Å². The summed E-state index contributed by atoms with van der Waals surface area (Å²) in [5, 5.41) is 3.76. The summed E-state index contributed by atoms with van der Waals surface area (Å²) in [7, 11) is -3.39. The second-order valence-corrected chi connectivity index (χ2v) is 8.42. The number of hydrogen-bond acceptors (Lipinski definition) is 5. The highest BCUT2D eigenvalue weighted by Crippen LogP contribution is 2.21. The average Bonchev–Trinajstić information content (AvgIpc) is 3.11. The predicted molar refractivity (Wildman–Crippen MR) is 100 cm³/mol. The van der Waals surface area contributed by atoms with E-state index < -0.39 is 10.0 Å². The zero-order valence-corrected chi connectivity index (χ0v) is 15.5. The van der Waals surface area contributed by atoms with E-state index in [2.05, 4.69) is 10.3 Å². The molecule has 26 heavy (non-hydrogen) atoms. The van der Waals surface area contributed by atoms with Crippen molar-refractivity contribution in [3.8, 4) is 0 Å². The number of para-hydroxylation sites is 1. The molecule has 7 nitrogen and oxygen atoms in total. The van der Waals surface area contributed by atoms with Crippen LogP contribution >= 0.6 is 0 Å². The van der Waals surface area contributed by atoms with Gasteiger partial charge in [0.1, 0.15) is 0 Å². The summed E-state index contributed by atoms with van der Waals surface area (Å²) >= 11 is 0. The predicted octanol–water partition coefficient (Wildman–Crippen LogP) is 2.00. The topological polar surface area (TPSA) is 88.6 Å². The van der Waals surface area contributed by atoms with E-state index in [0.717, 1.165) is 24.5 Å². The molecule has 1 unspecified atom stereocenters. The van der Waals surface area contributed by atoms with E-state index in [4.69, 9.17) is 4.74 Å². The van der Waals surface area contributed by atoms with Crippen molar-refractivity contribution in [3.63, 3.8) is 0 Å². The second kappa shape index (κ2) is 8.11. The minimum atomic E-state index is -3.39. The molecule has 140 valence electrons. The number of aromatic nitrogens is 1. The summed E-state index contributed by atoms with van der Waals surface area (Å²) in [6.45, 7) is 1.08. The van der Waals surface area contributed by atoms with Gasteiger partial charge in [0.25, 0.3) is 0 Å². The van der Waals surface area contributed by atoms with E-state index in [1.54, 1.807) is 12.3 Å². The Labute approximate surface area is 153 Å². The van der Waals surface area contributed by atoms with Gasteiger partial charge in [-0.2, -0.15) is 4.31 Å². The van der Waals surface area contributed by atoms with Crippen molar-refractivity contribution in [2.45, 2.75) is 25.4 Å². The van der Waals surface area contributed by atoms with Crippen LogP contribution in [0.25, 0.3) is 10.9 Å². The lowest BCUT2D eigenvalue weighted by molar-refractivity contribution is -0.116. The normalized spacial score (nSPS) is 17.7. The van der Waals surface area contributed by atoms with E-state index in [1.807, 2.05) is 24.3 Å². The van der Waals surface area contributed by atoms with E-state index in [1.165, 1.54) is 4.31 Å². The first-order valence-corrected chi connectivity index (χ1v) is 10.5. The van der Waals surface area contributed by atoms with E-state index in [-0.39, 0.29) is 25.0 Å². The van der Waals surface area contributed by atoms with Crippen LogP contribution in [0, 0.1) is 0 Å². The Morgan fingerprint density at radius 3 is 2.88 bits per heavy atom. The number of hydrogen-bond donors (Lipinski definition) is 1. The number of ether oxygens (including phenoxy) is 1. The molecule has 1 atom stereocenters. The maximum atomic E-state index is 12.3. The van der Waals surface area contributed by atoms with Crippen molar-refractivity contribution in [2.24, 2.45) is 0 Å². The van der Waals surface area contributed by atoms with Gasteiger partial charge in [0, 0.05) is 37.7 Å². The molecule has 0 saturated carbocycles. The van der Waals surface area contributed by atoms with Gasteiger partial charge < -0.3 is 10.1 Å². The summed E-state index contributed by atoms with van der Waals surface area (Å²) in [6.07, 6.45) is 4.61. The van der Waals surface area contributed by atoms with Gasteiger partial charge in [0.2, 0.25) is 15.9 Å². The smallest absolute Gasteiger partial charge is 0.225 e. The number of sulfonamides is 1. The number of benzene rings is 1. The molecule has 2 aromatic rings. The highest BCUT2D eigenvalue weighted by atomic mass is 32.2. The van der Waals surface area contributed by atoms with Crippen molar-refractivity contribution in [1.82, 2.24) is 9.29 Å². The van der Waals surface area contributed by atoms with E-state index in [9.17, 15) is 13.2 Å². The fraction of sp³-hybridized carbons (Fsp3) is 0.444. The summed E-state index contributed by atoms with van der Waals surface area (Å²) in [5.74, 6) is -0.246. The number of nitrogens with one attached hydrogen (secondary N) is 1. The number of carbonyl (C=O) groups is 1. The summed E-state index contributed by atoms with van der Waals surface area (Å²) in [4.78, 5) is 16.6. The minimum Gasteiger partial charge on any atom is -0.377 e. The molecule has 1 aromatic carbocycles. The molecule has 1 N–H and O–H groups in total. The molecular formula is C18H23N3O4S. The molecule has 0 aliphatic carbocycles. The fourth-order valence-electron chi connectivity index (χ4n) is 3.05. The lowest BCUT2D eigenvalue weighted by Gasteiger charge is -2.22. The van der Waals surface area contributed by atoms with Crippen LogP contribution in [0.2, 0.25) is 0 Å². The third kappa shape index (κ3) is 4.78. The SMILES string of the molecule is CS(=O)(=O)N(CCC(=O)Nc1cccc2cccnc12)CC1CCCO1. The van der Waals surface area contributed by atoms with Gasteiger partial charge in [-0.3, -0.25) is 9.78 Å². The lowest BCUT2D eigenvalue weighted by atomic mass is 10.2. The number of nitrogens with zero attached hydrogens (tertiary/aromatic N) is 2. The molecule has 1 aliphatic heterocycles. The number of rotatable bonds is 7. The number of anilines is 1. The largest absolute Gasteiger partial charge is 0.377 e. The van der Waals surface area contributed by atoms with Gasteiger partial charge in [0.05, 0.1) is 23.6 Å². The third-order valence-electron chi connectivity index (χ3n) is 4.40. The summed E-state index contributed by atoms with van der Waals surface area (Å²) in [5.41, 5.74) is 1.33. The van der Waals surface area contributed by atoms with Gasteiger partial charge >= 0.3 is 0 Å². The number of amides is 1. The Morgan fingerprint density at radius 2 is 2.15 bits per heavy atom. The van der Waals surface area contributed by atoms with Crippen LogP contribution in [0.5, 0.6) is 0 Å². The van der Waals surface area contributed by atoms with Crippen LogP contribution < -0.4 is 5.32 Å². The van der Waals surface area contributed by atoms with Crippen molar-refractivity contribution < 1.29 is 17.9 Å². The molecular weight excluding hydrogens is 354 g/mol. The van der Waals surface area contributed by atoms with Crippen LogP contribution in [0.1, 0.15) is 19.3 Å². The zero-order valence-electron chi connectivity index (χ0n) is 14.7. The van der Waals surface area contributed by atoms with Gasteiger partial charge in [-0.05, 0) is 25.0 Å². The molecule has 1 amide bonds. The monoisotopic (exact) mass is 377 g/mol. The highest BCUT2D eigenvalue weighted by molar-refractivity contribution is 7.88. The molecule has 1 fully saturated rings. The fourth-order valence-corrected chi connectivity index (χ4v) is 3.91. The highest BCUT2D eigenvalue weighted by Gasteiger charge is 2.25. The third-order valence-corrected chi connectivity index (χ3v) is 5.67. The van der Waals surface area contributed by atoms with Crippen molar-refractivity contribution in [1.29, 1.82) is 0 Å². The van der Waals surface area contributed by atoms with Gasteiger partial charge in [-0.1, -0.05) is 18.2 Å². The number of fused-ring (bicyclic) bond motifs is 1. The molecule has 1 aromatic heterocycles. The maximum Gasteiger partial charge on any atom is 0.225 e. The molecule has 0 radical (unpaired) electrons. The van der Waals surface area contributed by atoms with Gasteiger partial charge in [-0.15, -0.1) is 0 Å². The Bertz CT molecular complexity index is 874. The Kier molecular flexibility index (Phi) is 5.85. The number of pyridine rings is 1. The van der Waals surface area contributed by atoms with Crippen LogP contribution in [0.15, 0.2) is 36.5 Å². The van der Waals surface area contributed by atoms with Crippen LogP contribution in [-0.2, 0) is 19.6 Å². The molecule has 3 rings (SSSR count). The van der Waals surface area contributed by atoms with Crippen LogP contribution in [-0.4, -0.2) is 55.7 Å². The molecule has 2 heterocycles.